The molecule has 11 heteroatoms. The summed E-state index contributed by atoms with van der Waals surface area (Å²) in [5, 5.41) is 11.0. The molecule has 0 aliphatic carbocycles. The van der Waals surface area contributed by atoms with Crippen molar-refractivity contribution in [1.82, 2.24) is 19.7 Å². The minimum Gasteiger partial charge on any atom is -0.493 e. The summed E-state index contributed by atoms with van der Waals surface area (Å²) in [5.74, 6) is 0.679. The zero-order chi connectivity index (χ0) is 22.2. The number of rotatable bonds is 1. The van der Waals surface area contributed by atoms with Gasteiger partial charge in [-0.3, -0.25) is 4.79 Å². The highest BCUT2D eigenvalue weighted by atomic mass is 79.9. The van der Waals surface area contributed by atoms with E-state index in [2.05, 4.69) is 43.4 Å². The highest BCUT2D eigenvalue weighted by Gasteiger charge is 2.22. The molecule has 0 fully saturated rings. The van der Waals surface area contributed by atoms with Gasteiger partial charge in [-0.25, -0.2) is 13.4 Å². The van der Waals surface area contributed by atoms with Crippen LogP contribution in [0, 0.1) is 0 Å². The molecule has 0 saturated heterocycles. The molecular weight excluding hydrogens is 486 g/mol. The third kappa shape index (κ3) is 4.47. The second-order valence-corrected chi connectivity index (χ2v) is 10.2. The first-order chi connectivity index (χ1) is 14.7. The maximum absolute atomic E-state index is 13.0. The molecule has 1 atom stereocenters. The number of nitrogens with one attached hydrogen (secondary N) is 1. The molecule has 162 valence electrons. The molecule has 4 rings (SSSR count). The first-order valence-electron chi connectivity index (χ1n) is 9.58. The Morgan fingerprint density at radius 2 is 2.10 bits per heavy atom. The van der Waals surface area contributed by atoms with Gasteiger partial charge in [0, 0.05) is 22.8 Å². The first-order valence-corrected chi connectivity index (χ1v) is 12.3. The molecule has 0 saturated carbocycles. The molecule has 1 aromatic carbocycles. The smallest absolute Gasteiger partial charge is 0.260 e. The number of anilines is 1. The number of amides is 1. The van der Waals surface area contributed by atoms with Crippen molar-refractivity contribution in [2.24, 2.45) is 0 Å². The van der Waals surface area contributed by atoms with E-state index in [4.69, 9.17) is 4.74 Å². The van der Waals surface area contributed by atoms with Gasteiger partial charge < -0.3 is 14.6 Å². The van der Waals surface area contributed by atoms with Crippen molar-refractivity contribution in [3.63, 3.8) is 0 Å². The van der Waals surface area contributed by atoms with Gasteiger partial charge in [-0.05, 0) is 53.9 Å². The average Bonchev–Trinajstić information content (AvgIpc) is 3.20. The van der Waals surface area contributed by atoms with Crippen molar-refractivity contribution in [3.8, 4) is 17.3 Å². The standard InChI is InChI=1S/C20H20BrN5O4S/c1-12-5-4-8-30-16-10-17(31(2,28)29)14(21)9-13(16)20(27)24-18-7-3-6-15(23-18)19-25-22-11-26(12)19/h3,6-7,9-12H,4-5,8H2,1-2H3,(H,23,24,27)/t12-/m0/s1. The van der Waals surface area contributed by atoms with Crippen LogP contribution in [0.4, 0.5) is 5.82 Å². The third-order valence-corrected chi connectivity index (χ3v) is 7.02. The summed E-state index contributed by atoms with van der Waals surface area (Å²) in [7, 11) is -3.51. The number of hydrogen-bond acceptors (Lipinski definition) is 7. The third-order valence-electron chi connectivity index (χ3n) is 4.97. The van der Waals surface area contributed by atoms with Crippen molar-refractivity contribution in [2.45, 2.75) is 30.7 Å². The molecule has 0 spiro atoms. The van der Waals surface area contributed by atoms with Gasteiger partial charge in [0.05, 0.1) is 17.1 Å². The number of hydrogen-bond donors (Lipinski definition) is 1. The van der Waals surface area contributed by atoms with Gasteiger partial charge >= 0.3 is 0 Å². The van der Waals surface area contributed by atoms with Crippen LogP contribution in [0.5, 0.6) is 5.75 Å². The lowest BCUT2D eigenvalue weighted by Crippen LogP contribution is -2.17. The van der Waals surface area contributed by atoms with Crippen LogP contribution in [0.1, 0.15) is 36.2 Å². The molecular formula is C20H20BrN5O4S. The van der Waals surface area contributed by atoms with Crippen molar-refractivity contribution in [1.29, 1.82) is 0 Å². The van der Waals surface area contributed by atoms with Crippen LogP contribution < -0.4 is 10.1 Å². The van der Waals surface area contributed by atoms with Gasteiger partial charge in [0.2, 0.25) is 0 Å². The molecule has 0 radical (unpaired) electrons. The van der Waals surface area contributed by atoms with Crippen molar-refractivity contribution < 1.29 is 17.9 Å². The summed E-state index contributed by atoms with van der Waals surface area (Å²) in [5.41, 5.74) is 0.795. The summed E-state index contributed by atoms with van der Waals surface area (Å²) in [4.78, 5) is 17.6. The second kappa shape index (κ2) is 8.39. The fourth-order valence-electron chi connectivity index (χ4n) is 3.38. The van der Waals surface area contributed by atoms with Crippen molar-refractivity contribution >= 4 is 37.5 Å². The minimum absolute atomic E-state index is 0.0581. The van der Waals surface area contributed by atoms with Crippen LogP contribution in [-0.2, 0) is 9.84 Å². The van der Waals surface area contributed by atoms with Gasteiger partial charge in [-0.2, -0.15) is 0 Å². The van der Waals surface area contributed by atoms with Crippen LogP contribution in [0.25, 0.3) is 11.5 Å². The van der Waals surface area contributed by atoms with E-state index < -0.39 is 15.7 Å². The molecule has 31 heavy (non-hydrogen) atoms. The lowest BCUT2D eigenvalue weighted by Gasteiger charge is -2.18. The Morgan fingerprint density at radius 3 is 2.87 bits per heavy atom. The van der Waals surface area contributed by atoms with Crippen LogP contribution >= 0.6 is 15.9 Å². The van der Waals surface area contributed by atoms with Crippen LogP contribution in [0.2, 0.25) is 0 Å². The molecule has 1 aliphatic heterocycles. The van der Waals surface area contributed by atoms with Crippen molar-refractivity contribution in [2.75, 3.05) is 18.2 Å². The largest absolute Gasteiger partial charge is 0.493 e. The summed E-state index contributed by atoms with van der Waals surface area (Å²) in [6.45, 7) is 2.37. The predicted molar refractivity (Wildman–Crippen MR) is 118 cm³/mol. The number of aromatic nitrogens is 4. The summed E-state index contributed by atoms with van der Waals surface area (Å²) < 4.78 is 32.3. The topological polar surface area (TPSA) is 116 Å². The summed E-state index contributed by atoms with van der Waals surface area (Å²) >= 11 is 3.26. The Labute approximate surface area is 187 Å². The highest BCUT2D eigenvalue weighted by molar-refractivity contribution is 9.10. The lowest BCUT2D eigenvalue weighted by atomic mass is 10.1. The van der Waals surface area contributed by atoms with Crippen LogP contribution in [0.15, 0.2) is 46.0 Å². The van der Waals surface area contributed by atoms with E-state index in [0.717, 1.165) is 12.7 Å². The van der Waals surface area contributed by atoms with E-state index >= 15 is 0 Å². The number of pyridine rings is 1. The molecule has 0 unspecified atom stereocenters. The Kier molecular flexibility index (Phi) is 5.80. The number of sulfone groups is 1. The average molecular weight is 506 g/mol. The Balaban J connectivity index is 1.80. The van der Waals surface area contributed by atoms with E-state index in [1.165, 1.54) is 12.1 Å². The summed E-state index contributed by atoms with van der Waals surface area (Å²) in [6, 6.07) is 8.17. The molecule has 3 heterocycles. The normalized spacial score (nSPS) is 17.0. The molecule has 1 amide bonds. The van der Waals surface area contributed by atoms with E-state index in [-0.39, 0.29) is 26.7 Å². The van der Waals surface area contributed by atoms with E-state index in [0.29, 0.717) is 30.4 Å². The molecule has 3 aromatic rings. The summed E-state index contributed by atoms with van der Waals surface area (Å²) in [6.07, 6.45) is 4.21. The van der Waals surface area contributed by atoms with E-state index in [1.807, 2.05) is 4.57 Å². The van der Waals surface area contributed by atoms with E-state index in [1.54, 1.807) is 24.5 Å². The quantitative estimate of drug-likeness (QED) is 0.537. The number of carbonyl (C=O) groups excluding carboxylic acids is 1. The first kappa shape index (κ1) is 21.4. The van der Waals surface area contributed by atoms with Crippen LogP contribution in [0.3, 0.4) is 0 Å². The number of carbonyl (C=O) groups is 1. The molecule has 2 aromatic heterocycles. The lowest BCUT2D eigenvalue weighted by molar-refractivity contribution is 0.102. The number of halogens is 1. The fraction of sp³-hybridized carbons (Fsp3) is 0.300. The number of ether oxygens (including phenoxy) is 1. The second-order valence-electron chi connectivity index (χ2n) is 7.31. The van der Waals surface area contributed by atoms with Gasteiger partial charge in [0.1, 0.15) is 23.6 Å². The maximum atomic E-state index is 13.0. The number of nitrogens with zero attached hydrogens (tertiary/aromatic N) is 4. The van der Waals surface area contributed by atoms with Crippen molar-refractivity contribution in [3.05, 3.63) is 46.7 Å². The molecule has 9 nitrogen and oxygen atoms in total. The van der Waals surface area contributed by atoms with E-state index in [9.17, 15) is 13.2 Å². The van der Waals surface area contributed by atoms with Gasteiger partial charge in [0.15, 0.2) is 15.7 Å². The Bertz CT molecular complexity index is 1260. The SMILES string of the molecule is C[C@H]1CCCOc2cc(S(C)(=O)=O)c(Br)cc2C(=O)Nc2cccc(n2)-c2nncn21. The molecule has 1 N–H and O–H groups in total. The molecule has 1 aliphatic rings. The number of benzene rings is 1. The Hall–Kier alpha value is -2.79. The molecule has 2 bridgehead atoms. The zero-order valence-corrected chi connectivity index (χ0v) is 19.3. The Morgan fingerprint density at radius 1 is 1.29 bits per heavy atom. The zero-order valence-electron chi connectivity index (χ0n) is 16.9. The monoisotopic (exact) mass is 505 g/mol. The maximum Gasteiger partial charge on any atom is 0.260 e. The van der Waals surface area contributed by atoms with Crippen LogP contribution in [-0.4, -0.2) is 46.9 Å². The van der Waals surface area contributed by atoms with Gasteiger partial charge in [-0.1, -0.05) is 6.07 Å². The van der Waals surface area contributed by atoms with Gasteiger partial charge in [-0.15, -0.1) is 10.2 Å². The minimum atomic E-state index is -3.51. The van der Waals surface area contributed by atoms with Gasteiger partial charge in [0.25, 0.3) is 5.91 Å². The number of fused-ring (bicyclic) bond motifs is 5. The fourth-order valence-corrected chi connectivity index (χ4v) is 5.34. The highest BCUT2D eigenvalue weighted by Crippen LogP contribution is 2.32. The predicted octanol–water partition coefficient (Wildman–Crippen LogP) is 3.49.